The molecule has 100 valence electrons. The molecule has 2 rings (SSSR count). The molecule has 18 heavy (non-hydrogen) atoms. The molecule has 1 aromatic rings. The molecule has 2 N–H and O–H groups in total. The molecular formula is C14H22N2O2. The summed E-state index contributed by atoms with van der Waals surface area (Å²) in [4.78, 5) is 2.27. The highest BCUT2D eigenvalue weighted by molar-refractivity contribution is 5.31. The average molecular weight is 250 g/mol. The van der Waals surface area contributed by atoms with Gasteiger partial charge < -0.3 is 15.2 Å². The molecule has 0 aliphatic carbocycles. The monoisotopic (exact) mass is 250 g/mol. The van der Waals surface area contributed by atoms with E-state index in [0.29, 0.717) is 13.2 Å². The van der Waals surface area contributed by atoms with Crippen molar-refractivity contribution in [3.63, 3.8) is 0 Å². The van der Waals surface area contributed by atoms with E-state index in [1.807, 2.05) is 31.2 Å². The molecule has 1 atom stereocenters. The number of hydrogen-bond donors (Lipinski definition) is 2. The zero-order chi connectivity index (χ0) is 12.8. The lowest BCUT2D eigenvalue weighted by molar-refractivity contribution is 0.0639. The third-order valence-corrected chi connectivity index (χ3v) is 3.20. The highest BCUT2D eigenvalue weighted by atomic mass is 16.5. The molecule has 1 saturated heterocycles. The summed E-state index contributed by atoms with van der Waals surface area (Å²) < 4.78 is 5.65. The van der Waals surface area contributed by atoms with Crippen molar-refractivity contribution in [3.8, 4) is 5.75 Å². The number of piperazine rings is 1. The smallest absolute Gasteiger partial charge is 0.122 e. The first-order valence-electron chi connectivity index (χ1n) is 6.55. The number of benzene rings is 1. The zero-order valence-electron chi connectivity index (χ0n) is 10.9. The number of aryl methyl sites for hydroxylation is 1. The molecule has 1 aliphatic heterocycles. The van der Waals surface area contributed by atoms with Crippen LogP contribution in [-0.2, 0) is 0 Å². The van der Waals surface area contributed by atoms with E-state index in [1.54, 1.807) is 0 Å². The quantitative estimate of drug-likeness (QED) is 0.805. The normalized spacial score (nSPS) is 18.6. The maximum absolute atomic E-state index is 9.97. The Morgan fingerprint density at radius 1 is 1.33 bits per heavy atom. The Labute approximate surface area is 109 Å². The molecule has 0 bridgehead atoms. The molecule has 0 aromatic heterocycles. The van der Waals surface area contributed by atoms with Gasteiger partial charge in [0, 0.05) is 32.7 Å². The van der Waals surface area contributed by atoms with Crippen molar-refractivity contribution >= 4 is 0 Å². The maximum atomic E-state index is 9.97. The van der Waals surface area contributed by atoms with Crippen LogP contribution in [0.3, 0.4) is 0 Å². The van der Waals surface area contributed by atoms with E-state index in [9.17, 15) is 5.11 Å². The lowest BCUT2D eigenvalue weighted by Gasteiger charge is -2.29. The average Bonchev–Trinajstić information content (AvgIpc) is 2.39. The van der Waals surface area contributed by atoms with Crippen LogP contribution in [0, 0.1) is 6.92 Å². The molecule has 4 nitrogen and oxygen atoms in total. The van der Waals surface area contributed by atoms with Crippen molar-refractivity contribution in [3.05, 3.63) is 29.8 Å². The van der Waals surface area contributed by atoms with Gasteiger partial charge in [-0.3, -0.25) is 4.90 Å². The van der Waals surface area contributed by atoms with Gasteiger partial charge in [-0.2, -0.15) is 0 Å². The van der Waals surface area contributed by atoms with Crippen LogP contribution in [0.4, 0.5) is 0 Å². The first-order chi connectivity index (χ1) is 8.75. The fourth-order valence-electron chi connectivity index (χ4n) is 2.15. The molecule has 0 spiro atoms. The van der Waals surface area contributed by atoms with Gasteiger partial charge in [0.15, 0.2) is 0 Å². The van der Waals surface area contributed by atoms with Crippen LogP contribution in [0.2, 0.25) is 0 Å². The minimum absolute atomic E-state index is 0.356. The van der Waals surface area contributed by atoms with Gasteiger partial charge in [-0.05, 0) is 18.6 Å². The van der Waals surface area contributed by atoms with Crippen molar-refractivity contribution in [1.29, 1.82) is 0 Å². The number of hydrogen-bond acceptors (Lipinski definition) is 4. The van der Waals surface area contributed by atoms with Crippen molar-refractivity contribution in [2.75, 3.05) is 39.3 Å². The van der Waals surface area contributed by atoms with E-state index < -0.39 is 6.10 Å². The van der Waals surface area contributed by atoms with E-state index in [1.165, 1.54) is 0 Å². The van der Waals surface area contributed by atoms with Gasteiger partial charge in [-0.15, -0.1) is 0 Å². The Hall–Kier alpha value is -1.10. The first-order valence-corrected chi connectivity index (χ1v) is 6.55. The molecule has 1 unspecified atom stereocenters. The molecule has 0 amide bonds. The standard InChI is InChI=1S/C14H22N2O2/c1-12-4-2-3-5-14(12)18-11-13(17)10-16-8-6-15-7-9-16/h2-5,13,15,17H,6-11H2,1H3. The number of β-amino-alcohol motifs (C(OH)–C–C–N with tert-alkyl or cyclic N) is 1. The van der Waals surface area contributed by atoms with E-state index >= 15 is 0 Å². The van der Waals surface area contributed by atoms with Gasteiger partial charge in [0.1, 0.15) is 18.5 Å². The highest BCUT2D eigenvalue weighted by Crippen LogP contribution is 2.16. The minimum Gasteiger partial charge on any atom is -0.491 e. The minimum atomic E-state index is -0.428. The lowest BCUT2D eigenvalue weighted by Crippen LogP contribution is -2.47. The van der Waals surface area contributed by atoms with Crippen LogP contribution in [0.15, 0.2) is 24.3 Å². The topological polar surface area (TPSA) is 44.7 Å². The summed E-state index contributed by atoms with van der Waals surface area (Å²) in [5.74, 6) is 0.858. The second-order valence-corrected chi connectivity index (χ2v) is 4.78. The van der Waals surface area contributed by atoms with Crippen molar-refractivity contribution < 1.29 is 9.84 Å². The van der Waals surface area contributed by atoms with Crippen LogP contribution in [0.1, 0.15) is 5.56 Å². The molecule has 1 aliphatic rings. The van der Waals surface area contributed by atoms with Crippen LogP contribution in [0.5, 0.6) is 5.75 Å². The number of nitrogens with zero attached hydrogens (tertiary/aromatic N) is 1. The molecular weight excluding hydrogens is 228 g/mol. The fourth-order valence-corrected chi connectivity index (χ4v) is 2.15. The predicted octanol–water partition coefficient (Wildman–Crippen LogP) is 0.640. The molecule has 0 saturated carbocycles. The number of para-hydroxylation sites is 1. The summed E-state index contributed by atoms with van der Waals surface area (Å²) >= 11 is 0. The third-order valence-electron chi connectivity index (χ3n) is 3.20. The van der Waals surface area contributed by atoms with E-state index in [2.05, 4.69) is 10.2 Å². The third kappa shape index (κ3) is 3.98. The van der Waals surface area contributed by atoms with Gasteiger partial charge in [0.25, 0.3) is 0 Å². The van der Waals surface area contributed by atoms with Crippen LogP contribution in [0.25, 0.3) is 0 Å². The summed E-state index contributed by atoms with van der Waals surface area (Å²) in [5.41, 5.74) is 1.10. The Balaban J connectivity index is 1.74. The summed E-state index contributed by atoms with van der Waals surface area (Å²) in [7, 11) is 0. The molecule has 4 heteroatoms. The Bertz CT molecular complexity index is 365. The van der Waals surface area contributed by atoms with E-state index in [-0.39, 0.29) is 0 Å². The summed E-state index contributed by atoms with van der Waals surface area (Å²) in [5, 5.41) is 13.3. The number of rotatable bonds is 5. The highest BCUT2D eigenvalue weighted by Gasteiger charge is 2.14. The number of nitrogens with one attached hydrogen (secondary N) is 1. The van der Waals surface area contributed by atoms with Gasteiger partial charge in [-0.25, -0.2) is 0 Å². The largest absolute Gasteiger partial charge is 0.491 e. The first kappa shape index (κ1) is 13.3. The second-order valence-electron chi connectivity index (χ2n) is 4.78. The van der Waals surface area contributed by atoms with Gasteiger partial charge in [0.2, 0.25) is 0 Å². The maximum Gasteiger partial charge on any atom is 0.122 e. The van der Waals surface area contributed by atoms with Crippen molar-refractivity contribution in [1.82, 2.24) is 10.2 Å². The number of aliphatic hydroxyl groups is 1. The van der Waals surface area contributed by atoms with Crippen molar-refractivity contribution in [2.45, 2.75) is 13.0 Å². The molecule has 1 fully saturated rings. The predicted molar refractivity (Wildman–Crippen MR) is 72.0 cm³/mol. The number of aliphatic hydroxyl groups excluding tert-OH is 1. The van der Waals surface area contributed by atoms with E-state index in [4.69, 9.17) is 4.74 Å². The Morgan fingerprint density at radius 2 is 2.06 bits per heavy atom. The van der Waals surface area contributed by atoms with Crippen molar-refractivity contribution in [2.24, 2.45) is 0 Å². The van der Waals surface area contributed by atoms with Gasteiger partial charge in [-0.1, -0.05) is 18.2 Å². The fraction of sp³-hybridized carbons (Fsp3) is 0.571. The summed E-state index contributed by atoms with van der Waals surface area (Å²) in [6.45, 7) is 7.07. The lowest BCUT2D eigenvalue weighted by atomic mass is 10.2. The molecule has 0 radical (unpaired) electrons. The van der Waals surface area contributed by atoms with E-state index in [0.717, 1.165) is 37.5 Å². The SMILES string of the molecule is Cc1ccccc1OCC(O)CN1CCNCC1. The number of ether oxygens (including phenoxy) is 1. The van der Waals surface area contributed by atoms with Gasteiger partial charge in [0.05, 0.1) is 0 Å². The Morgan fingerprint density at radius 3 is 2.78 bits per heavy atom. The summed E-state index contributed by atoms with van der Waals surface area (Å²) in [6, 6.07) is 7.88. The van der Waals surface area contributed by atoms with Crippen LogP contribution < -0.4 is 10.1 Å². The van der Waals surface area contributed by atoms with Crippen LogP contribution in [-0.4, -0.2) is 55.4 Å². The Kier molecular flexibility index (Phi) is 4.99. The summed E-state index contributed by atoms with van der Waals surface area (Å²) in [6.07, 6.45) is -0.428. The van der Waals surface area contributed by atoms with Gasteiger partial charge >= 0.3 is 0 Å². The molecule has 1 heterocycles. The van der Waals surface area contributed by atoms with Crippen LogP contribution >= 0.6 is 0 Å². The molecule has 1 aromatic carbocycles. The second kappa shape index (κ2) is 6.73. The zero-order valence-corrected chi connectivity index (χ0v) is 10.9.